The van der Waals surface area contributed by atoms with Crippen molar-refractivity contribution in [2.24, 2.45) is 0 Å². The first kappa shape index (κ1) is 18.4. The van der Waals surface area contributed by atoms with Crippen LogP contribution >= 0.6 is 11.6 Å². The highest BCUT2D eigenvalue weighted by Gasteiger charge is 2.16. The van der Waals surface area contributed by atoms with E-state index in [0.717, 1.165) is 42.7 Å². The van der Waals surface area contributed by atoms with E-state index in [2.05, 4.69) is 16.8 Å². The van der Waals surface area contributed by atoms with Gasteiger partial charge in [-0.2, -0.15) is 0 Å². The summed E-state index contributed by atoms with van der Waals surface area (Å²) in [5.41, 5.74) is 1.32. The van der Waals surface area contributed by atoms with E-state index in [1.165, 1.54) is 0 Å². The summed E-state index contributed by atoms with van der Waals surface area (Å²) in [6, 6.07) is 12.6. The SMILES string of the molecule is CCN(CCCCO)c1nc(-c2ccccc2O)nc2cc(Cl)ccc12. The monoisotopic (exact) mass is 371 g/mol. The summed E-state index contributed by atoms with van der Waals surface area (Å²) in [4.78, 5) is 11.5. The van der Waals surface area contributed by atoms with Gasteiger partial charge in [-0.3, -0.25) is 0 Å². The summed E-state index contributed by atoms with van der Waals surface area (Å²) in [5, 5.41) is 20.8. The molecule has 0 aliphatic carbocycles. The molecule has 5 nitrogen and oxygen atoms in total. The van der Waals surface area contributed by atoms with Crippen molar-refractivity contribution in [1.29, 1.82) is 0 Å². The van der Waals surface area contributed by atoms with Gasteiger partial charge in [-0.15, -0.1) is 0 Å². The average Bonchev–Trinajstić information content (AvgIpc) is 2.64. The molecule has 1 aromatic heterocycles. The van der Waals surface area contributed by atoms with E-state index >= 15 is 0 Å². The Balaban J connectivity index is 2.15. The van der Waals surface area contributed by atoms with Crippen molar-refractivity contribution < 1.29 is 10.2 Å². The molecular formula is C20H22ClN3O2. The number of rotatable bonds is 7. The molecule has 0 spiro atoms. The van der Waals surface area contributed by atoms with Crippen molar-refractivity contribution in [2.75, 3.05) is 24.6 Å². The number of nitrogens with zero attached hydrogens (tertiary/aromatic N) is 3. The Kier molecular flexibility index (Phi) is 5.91. The van der Waals surface area contributed by atoms with Crippen LogP contribution in [0.5, 0.6) is 5.75 Å². The molecule has 0 saturated heterocycles. The number of para-hydroxylation sites is 1. The van der Waals surface area contributed by atoms with E-state index in [0.29, 0.717) is 16.4 Å². The first-order valence-corrected chi connectivity index (χ1v) is 9.13. The molecule has 2 N–H and O–H groups in total. The zero-order chi connectivity index (χ0) is 18.5. The Labute approximate surface area is 157 Å². The van der Waals surface area contributed by atoms with Gasteiger partial charge < -0.3 is 15.1 Å². The van der Waals surface area contributed by atoms with Gasteiger partial charge in [0.2, 0.25) is 0 Å². The second-order valence-corrected chi connectivity index (χ2v) is 6.50. The van der Waals surface area contributed by atoms with Crippen molar-refractivity contribution in [3.8, 4) is 17.1 Å². The maximum absolute atomic E-state index is 10.2. The average molecular weight is 372 g/mol. The number of anilines is 1. The van der Waals surface area contributed by atoms with Gasteiger partial charge in [-0.05, 0) is 50.1 Å². The molecule has 0 aliphatic heterocycles. The third-order valence-corrected chi connectivity index (χ3v) is 4.54. The predicted molar refractivity (Wildman–Crippen MR) is 106 cm³/mol. The fraction of sp³-hybridized carbons (Fsp3) is 0.300. The number of hydrogen-bond donors (Lipinski definition) is 2. The smallest absolute Gasteiger partial charge is 0.165 e. The lowest BCUT2D eigenvalue weighted by Crippen LogP contribution is -2.25. The minimum Gasteiger partial charge on any atom is -0.507 e. The van der Waals surface area contributed by atoms with Gasteiger partial charge in [-0.1, -0.05) is 23.7 Å². The molecule has 0 saturated carbocycles. The molecule has 26 heavy (non-hydrogen) atoms. The Morgan fingerprint density at radius 3 is 2.62 bits per heavy atom. The van der Waals surface area contributed by atoms with Crippen molar-refractivity contribution >= 4 is 28.3 Å². The summed E-state index contributed by atoms with van der Waals surface area (Å²) in [6.45, 7) is 3.82. The molecule has 0 atom stereocenters. The van der Waals surface area contributed by atoms with Gasteiger partial charge in [0.1, 0.15) is 11.6 Å². The topological polar surface area (TPSA) is 69.5 Å². The first-order valence-electron chi connectivity index (χ1n) is 8.75. The van der Waals surface area contributed by atoms with Crippen molar-refractivity contribution in [1.82, 2.24) is 9.97 Å². The highest BCUT2D eigenvalue weighted by atomic mass is 35.5. The number of unbranched alkanes of at least 4 members (excludes halogenated alkanes) is 1. The Bertz CT molecular complexity index is 901. The summed E-state index contributed by atoms with van der Waals surface area (Å²) < 4.78 is 0. The molecule has 0 radical (unpaired) electrons. The third kappa shape index (κ3) is 3.89. The van der Waals surface area contributed by atoms with Crippen molar-refractivity contribution in [3.63, 3.8) is 0 Å². The highest BCUT2D eigenvalue weighted by molar-refractivity contribution is 6.31. The molecule has 0 fully saturated rings. The lowest BCUT2D eigenvalue weighted by molar-refractivity contribution is 0.285. The lowest BCUT2D eigenvalue weighted by Gasteiger charge is -2.24. The van der Waals surface area contributed by atoms with Gasteiger partial charge in [-0.25, -0.2) is 9.97 Å². The largest absolute Gasteiger partial charge is 0.507 e. The van der Waals surface area contributed by atoms with Gasteiger partial charge >= 0.3 is 0 Å². The normalized spacial score (nSPS) is 11.0. The van der Waals surface area contributed by atoms with Crippen molar-refractivity contribution in [3.05, 3.63) is 47.5 Å². The van der Waals surface area contributed by atoms with Crippen molar-refractivity contribution in [2.45, 2.75) is 19.8 Å². The van der Waals surface area contributed by atoms with Crippen LogP contribution in [0.3, 0.4) is 0 Å². The molecule has 0 aliphatic rings. The van der Waals surface area contributed by atoms with E-state index in [9.17, 15) is 5.11 Å². The summed E-state index contributed by atoms with van der Waals surface area (Å²) in [5.74, 6) is 1.42. The summed E-state index contributed by atoms with van der Waals surface area (Å²) in [6.07, 6.45) is 1.62. The summed E-state index contributed by atoms with van der Waals surface area (Å²) >= 11 is 6.17. The molecule has 0 unspecified atom stereocenters. The van der Waals surface area contributed by atoms with Crippen LogP contribution in [-0.4, -0.2) is 39.9 Å². The summed E-state index contributed by atoms with van der Waals surface area (Å²) in [7, 11) is 0. The molecule has 0 bridgehead atoms. The Morgan fingerprint density at radius 1 is 1.08 bits per heavy atom. The van der Waals surface area contributed by atoms with Crippen LogP contribution < -0.4 is 4.90 Å². The van der Waals surface area contributed by atoms with E-state index in [-0.39, 0.29) is 12.4 Å². The molecule has 6 heteroatoms. The van der Waals surface area contributed by atoms with E-state index < -0.39 is 0 Å². The Morgan fingerprint density at radius 2 is 1.88 bits per heavy atom. The quantitative estimate of drug-likeness (QED) is 0.607. The predicted octanol–water partition coefficient (Wildman–Crippen LogP) is 4.25. The second-order valence-electron chi connectivity index (χ2n) is 6.06. The van der Waals surface area contributed by atoms with Gasteiger partial charge in [0.25, 0.3) is 0 Å². The maximum atomic E-state index is 10.2. The van der Waals surface area contributed by atoms with E-state index in [1.807, 2.05) is 24.3 Å². The van der Waals surface area contributed by atoms with E-state index in [1.54, 1.807) is 18.2 Å². The number of benzene rings is 2. The highest BCUT2D eigenvalue weighted by Crippen LogP contribution is 2.32. The zero-order valence-electron chi connectivity index (χ0n) is 14.7. The van der Waals surface area contributed by atoms with Crippen LogP contribution in [0.15, 0.2) is 42.5 Å². The number of halogens is 1. The van der Waals surface area contributed by atoms with Crippen LogP contribution in [-0.2, 0) is 0 Å². The Hall–Kier alpha value is -2.37. The number of aromatic hydroxyl groups is 1. The molecule has 3 aromatic rings. The minimum atomic E-state index is 0.142. The number of aromatic nitrogens is 2. The lowest BCUT2D eigenvalue weighted by atomic mass is 10.1. The van der Waals surface area contributed by atoms with Crippen LogP contribution in [0.2, 0.25) is 5.02 Å². The van der Waals surface area contributed by atoms with Crippen LogP contribution in [0, 0.1) is 0 Å². The van der Waals surface area contributed by atoms with Crippen LogP contribution in [0.1, 0.15) is 19.8 Å². The van der Waals surface area contributed by atoms with Crippen LogP contribution in [0.25, 0.3) is 22.3 Å². The van der Waals surface area contributed by atoms with Gasteiger partial charge in [0.05, 0.1) is 11.1 Å². The first-order chi connectivity index (χ1) is 12.6. The fourth-order valence-electron chi connectivity index (χ4n) is 2.94. The van der Waals surface area contributed by atoms with Gasteiger partial charge in [0.15, 0.2) is 5.82 Å². The maximum Gasteiger partial charge on any atom is 0.165 e. The molecule has 2 aromatic carbocycles. The number of phenolic OH excluding ortho intramolecular Hbond substituents is 1. The van der Waals surface area contributed by atoms with Gasteiger partial charge in [0, 0.05) is 30.1 Å². The number of phenols is 1. The second kappa shape index (κ2) is 8.34. The fourth-order valence-corrected chi connectivity index (χ4v) is 3.10. The molecule has 1 heterocycles. The molecule has 3 rings (SSSR count). The standard InChI is InChI=1S/C20H22ClN3O2/c1-2-24(11-5-6-12-25)20-15-10-9-14(21)13-17(15)22-19(23-20)16-7-3-4-8-18(16)26/h3-4,7-10,13,25-26H,2,5-6,11-12H2,1H3. The minimum absolute atomic E-state index is 0.142. The number of aliphatic hydroxyl groups excluding tert-OH is 1. The molecular weight excluding hydrogens is 350 g/mol. The molecule has 0 amide bonds. The molecule has 136 valence electrons. The van der Waals surface area contributed by atoms with E-state index in [4.69, 9.17) is 21.7 Å². The zero-order valence-corrected chi connectivity index (χ0v) is 15.4. The number of aliphatic hydroxyl groups is 1. The number of hydrogen-bond acceptors (Lipinski definition) is 5. The third-order valence-electron chi connectivity index (χ3n) is 4.30. The number of fused-ring (bicyclic) bond motifs is 1. The van der Waals surface area contributed by atoms with Crippen LogP contribution in [0.4, 0.5) is 5.82 Å².